The van der Waals surface area contributed by atoms with Crippen molar-refractivity contribution in [3.8, 4) is 0 Å². The molecular weight excluding hydrogens is 228 g/mol. The van der Waals surface area contributed by atoms with Gasteiger partial charge in [0.15, 0.2) is 0 Å². The third kappa shape index (κ3) is 3.21. The standard InChI is InChI=1S/C12H11ClO3/c1-8(11(14)12(15)16-2)7-9-3-5-10(13)6-4-9/h3-7H,1-2H3. The number of ether oxygens (including phenoxy) is 1. The zero-order valence-electron chi connectivity index (χ0n) is 8.99. The third-order valence-corrected chi connectivity index (χ3v) is 2.23. The van der Waals surface area contributed by atoms with Gasteiger partial charge in [-0.2, -0.15) is 0 Å². The molecule has 16 heavy (non-hydrogen) atoms. The first kappa shape index (κ1) is 12.5. The molecule has 0 bridgehead atoms. The van der Waals surface area contributed by atoms with Gasteiger partial charge in [-0.25, -0.2) is 4.79 Å². The maximum atomic E-state index is 11.4. The molecule has 0 amide bonds. The Hall–Kier alpha value is -1.61. The molecule has 0 unspecified atom stereocenters. The van der Waals surface area contributed by atoms with Crippen LogP contribution in [-0.4, -0.2) is 18.9 Å². The second-order valence-corrected chi connectivity index (χ2v) is 3.64. The number of ketones is 1. The van der Waals surface area contributed by atoms with Gasteiger partial charge in [-0.1, -0.05) is 23.7 Å². The maximum absolute atomic E-state index is 11.4. The molecule has 0 aromatic heterocycles. The Bertz CT molecular complexity index is 432. The summed E-state index contributed by atoms with van der Waals surface area (Å²) >= 11 is 5.72. The molecule has 0 saturated carbocycles. The minimum Gasteiger partial charge on any atom is -0.463 e. The largest absolute Gasteiger partial charge is 0.463 e. The molecule has 1 aromatic rings. The Kier molecular flexibility index (Phi) is 4.26. The number of esters is 1. The fraction of sp³-hybridized carbons (Fsp3) is 0.167. The van der Waals surface area contributed by atoms with E-state index in [1.54, 1.807) is 37.3 Å². The van der Waals surface area contributed by atoms with Crippen LogP contribution in [-0.2, 0) is 14.3 Å². The number of hydrogen-bond acceptors (Lipinski definition) is 3. The summed E-state index contributed by atoms with van der Waals surface area (Å²) in [5, 5.41) is 0.620. The van der Waals surface area contributed by atoms with Crippen LogP contribution in [0.2, 0.25) is 5.02 Å². The van der Waals surface area contributed by atoms with E-state index >= 15 is 0 Å². The molecule has 0 heterocycles. The van der Waals surface area contributed by atoms with Gasteiger partial charge in [0.2, 0.25) is 0 Å². The van der Waals surface area contributed by atoms with Crippen LogP contribution in [0, 0.1) is 0 Å². The van der Waals surface area contributed by atoms with Gasteiger partial charge in [-0.15, -0.1) is 0 Å². The first-order chi connectivity index (χ1) is 7.54. The van der Waals surface area contributed by atoms with Gasteiger partial charge in [-0.3, -0.25) is 4.79 Å². The second-order valence-electron chi connectivity index (χ2n) is 3.20. The van der Waals surface area contributed by atoms with Crippen molar-refractivity contribution in [3.63, 3.8) is 0 Å². The van der Waals surface area contributed by atoms with E-state index in [2.05, 4.69) is 4.74 Å². The molecule has 0 radical (unpaired) electrons. The van der Waals surface area contributed by atoms with Crippen LogP contribution >= 0.6 is 11.6 Å². The Balaban J connectivity index is 2.88. The van der Waals surface area contributed by atoms with Crippen molar-refractivity contribution in [2.75, 3.05) is 7.11 Å². The molecule has 0 N–H and O–H groups in total. The molecule has 0 atom stereocenters. The lowest BCUT2D eigenvalue weighted by Gasteiger charge is -1.99. The van der Waals surface area contributed by atoms with Crippen LogP contribution in [0.5, 0.6) is 0 Å². The van der Waals surface area contributed by atoms with E-state index < -0.39 is 11.8 Å². The number of rotatable bonds is 3. The monoisotopic (exact) mass is 238 g/mol. The minimum absolute atomic E-state index is 0.328. The van der Waals surface area contributed by atoms with Crippen LogP contribution < -0.4 is 0 Å². The first-order valence-electron chi connectivity index (χ1n) is 4.61. The highest BCUT2D eigenvalue weighted by Crippen LogP contribution is 2.12. The number of carbonyl (C=O) groups is 2. The predicted octanol–water partition coefficient (Wildman–Crippen LogP) is 2.49. The quantitative estimate of drug-likeness (QED) is 0.462. The van der Waals surface area contributed by atoms with Gasteiger partial charge in [0, 0.05) is 10.6 Å². The molecule has 4 heteroatoms. The van der Waals surface area contributed by atoms with Gasteiger partial charge >= 0.3 is 5.97 Å². The number of halogens is 1. The van der Waals surface area contributed by atoms with E-state index in [1.807, 2.05) is 0 Å². The number of hydrogen-bond donors (Lipinski definition) is 0. The lowest BCUT2D eigenvalue weighted by molar-refractivity contribution is -0.149. The van der Waals surface area contributed by atoms with Crippen molar-refractivity contribution in [2.24, 2.45) is 0 Å². The number of carbonyl (C=O) groups excluding carboxylic acids is 2. The molecule has 0 saturated heterocycles. The van der Waals surface area contributed by atoms with Gasteiger partial charge in [0.25, 0.3) is 5.78 Å². The van der Waals surface area contributed by atoms with Crippen molar-refractivity contribution in [1.82, 2.24) is 0 Å². The van der Waals surface area contributed by atoms with Crippen molar-refractivity contribution in [2.45, 2.75) is 6.92 Å². The number of methoxy groups -OCH3 is 1. The van der Waals surface area contributed by atoms with Crippen molar-refractivity contribution in [1.29, 1.82) is 0 Å². The molecule has 1 rings (SSSR count). The molecule has 1 aromatic carbocycles. The van der Waals surface area contributed by atoms with Gasteiger partial charge in [-0.05, 0) is 30.7 Å². The summed E-state index contributed by atoms with van der Waals surface area (Å²) < 4.78 is 4.34. The van der Waals surface area contributed by atoms with Crippen LogP contribution in [0.4, 0.5) is 0 Å². The Morgan fingerprint density at radius 3 is 2.31 bits per heavy atom. The smallest absolute Gasteiger partial charge is 0.379 e. The first-order valence-corrected chi connectivity index (χ1v) is 4.99. The maximum Gasteiger partial charge on any atom is 0.379 e. The van der Waals surface area contributed by atoms with Gasteiger partial charge < -0.3 is 4.74 Å². The summed E-state index contributed by atoms with van der Waals surface area (Å²) in [5.41, 5.74) is 1.13. The molecule has 0 fully saturated rings. The molecule has 3 nitrogen and oxygen atoms in total. The lowest BCUT2D eigenvalue weighted by Crippen LogP contribution is -2.16. The van der Waals surface area contributed by atoms with E-state index in [4.69, 9.17) is 11.6 Å². The highest BCUT2D eigenvalue weighted by Gasteiger charge is 2.15. The summed E-state index contributed by atoms with van der Waals surface area (Å²) in [5.74, 6) is -1.50. The number of Topliss-reactive ketones (excluding diaryl/α,β-unsaturated/α-hetero) is 1. The fourth-order valence-corrected chi connectivity index (χ4v) is 1.25. The van der Waals surface area contributed by atoms with Crippen LogP contribution in [0.25, 0.3) is 6.08 Å². The zero-order valence-corrected chi connectivity index (χ0v) is 9.75. The molecular formula is C12H11ClO3. The summed E-state index contributed by atoms with van der Waals surface area (Å²) in [6.07, 6.45) is 1.61. The SMILES string of the molecule is COC(=O)C(=O)C(C)=Cc1ccc(Cl)cc1. The lowest BCUT2D eigenvalue weighted by atomic mass is 10.1. The average Bonchev–Trinajstić information content (AvgIpc) is 2.30. The highest BCUT2D eigenvalue weighted by molar-refractivity contribution is 6.41. The summed E-state index contributed by atoms with van der Waals surface area (Å²) in [7, 11) is 1.18. The van der Waals surface area contributed by atoms with Crippen LogP contribution in [0.15, 0.2) is 29.8 Å². The number of benzene rings is 1. The minimum atomic E-state index is -0.859. The van der Waals surface area contributed by atoms with E-state index in [-0.39, 0.29) is 0 Å². The molecule has 84 valence electrons. The van der Waals surface area contributed by atoms with E-state index in [0.29, 0.717) is 10.6 Å². The summed E-state index contributed by atoms with van der Waals surface area (Å²) in [4.78, 5) is 22.3. The van der Waals surface area contributed by atoms with Crippen molar-refractivity contribution in [3.05, 3.63) is 40.4 Å². The van der Waals surface area contributed by atoms with E-state index in [0.717, 1.165) is 5.56 Å². The molecule has 0 aliphatic rings. The highest BCUT2D eigenvalue weighted by atomic mass is 35.5. The molecule has 0 aliphatic carbocycles. The third-order valence-electron chi connectivity index (χ3n) is 1.98. The Morgan fingerprint density at radius 1 is 1.25 bits per heavy atom. The van der Waals surface area contributed by atoms with Crippen LogP contribution in [0.1, 0.15) is 12.5 Å². The fourth-order valence-electron chi connectivity index (χ4n) is 1.13. The van der Waals surface area contributed by atoms with E-state index in [9.17, 15) is 9.59 Å². The summed E-state index contributed by atoms with van der Waals surface area (Å²) in [6.45, 7) is 1.56. The average molecular weight is 239 g/mol. The molecule has 0 spiro atoms. The van der Waals surface area contributed by atoms with Gasteiger partial charge in [0.05, 0.1) is 7.11 Å². The van der Waals surface area contributed by atoms with Crippen LogP contribution in [0.3, 0.4) is 0 Å². The Morgan fingerprint density at radius 2 is 1.81 bits per heavy atom. The van der Waals surface area contributed by atoms with Crippen molar-refractivity contribution >= 4 is 29.4 Å². The second kappa shape index (κ2) is 5.47. The topological polar surface area (TPSA) is 43.4 Å². The summed E-state index contributed by atoms with van der Waals surface area (Å²) in [6, 6.07) is 6.94. The van der Waals surface area contributed by atoms with Gasteiger partial charge in [0.1, 0.15) is 0 Å². The predicted molar refractivity (Wildman–Crippen MR) is 62.1 cm³/mol. The Labute approximate surface area is 98.7 Å². The zero-order chi connectivity index (χ0) is 12.1. The van der Waals surface area contributed by atoms with Crippen molar-refractivity contribution < 1.29 is 14.3 Å². The normalized spacial score (nSPS) is 11.1. The van der Waals surface area contributed by atoms with E-state index in [1.165, 1.54) is 7.11 Å². The molecule has 0 aliphatic heterocycles.